The number of nitrogens with zero attached hydrogens (tertiary/aromatic N) is 1. The number of hydrogen-bond acceptors (Lipinski definition) is 3. The molecule has 0 heterocycles. The van der Waals surface area contributed by atoms with E-state index in [-0.39, 0.29) is 12.1 Å². The number of aliphatic carboxylic acids is 1. The third kappa shape index (κ3) is 1.95. The van der Waals surface area contributed by atoms with Gasteiger partial charge < -0.3 is 5.11 Å². The highest BCUT2D eigenvalue weighted by molar-refractivity contribution is 9.10. The minimum absolute atomic E-state index is 0.0728. The van der Waals surface area contributed by atoms with Gasteiger partial charge in [-0.2, -0.15) is 0 Å². The van der Waals surface area contributed by atoms with Crippen molar-refractivity contribution in [2.24, 2.45) is 0 Å². The zero-order valence-corrected chi connectivity index (χ0v) is 8.02. The van der Waals surface area contributed by atoms with Crippen LogP contribution in [0.1, 0.15) is 6.42 Å². The van der Waals surface area contributed by atoms with Crippen molar-refractivity contribution in [1.29, 1.82) is 0 Å². The Bertz CT molecular complexity index is 322. The second-order valence-corrected chi connectivity index (χ2v) is 4.01. The van der Waals surface area contributed by atoms with Crippen LogP contribution in [0.5, 0.6) is 0 Å². The average molecular weight is 248 g/mol. The molecule has 0 aromatic carbocycles. The zero-order chi connectivity index (χ0) is 10.1. The summed E-state index contributed by atoms with van der Waals surface area (Å²) in [6, 6.07) is 0. The lowest BCUT2D eigenvalue weighted by atomic mass is 10.00. The first-order valence-electron chi connectivity index (χ1n) is 3.42. The molecule has 70 valence electrons. The van der Waals surface area contributed by atoms with Crippen LogP contribution in [0.3, 0.4) is 0 Å². The van der Waals surface area contributed by atoms with Crippen LogP contribution in [0.4, 0.5) is 0 Å². The van der Waals surface area contributed by atoms with Crippen molar-refractivity contribution < 1.29 is 14.8 Å². The normalized spacial score (nSPS) is 26.7. The SMILES string of the molecule is O=C(O)C1(Br)C=CC([N+](=O)[O-])=CC1. The first-order chi connectivity index (χ1) is 5.96. The summed E-state index contributed by atoms with van der Waals surface area (Å²) in [6.45, 7) is 0. The monoisotopic (exact) mass is 247 g/mol. The van der Waals surface area contributed by atoms with E-state index in [2.05, 4.69) is 15.9 Å². The molecule has 0 radical (unpaired) electrons. The van der Waals surface area contributed by atoms with E-state index >= 15 is 0 Å². The highest BCUT2D eigenvalue weighted by Gasteiger charge is 2.35. The quantitative estimate of drug-likeness (QED) is 0.454. The highest BCUT2D eigenvalue weighted by Crippen LogP contribution is 2.30. The predicted molar refractivity (Wildman–Crippen MR) is 48.1 cm³/mol. The molecule has 0 saturated carbocycles. The van der Waals surface area contributed by atoms with Crippen LogP contribution in [0.15, 0.2) is 23.9 Å². The fourth-order valence-electron chi connectivity index (χ4n) is 0.901. The largest absolute Gasteiger partial charge is 0.480 e. The fraction of sp³-hybridized carbons (Fsp3) is 0.286. The molecule has 1 atom stereocenters. The molecule has 5 nitrogen and oxygen atoms in total. The molecule has 1 unspecified atom stereocenters. The van der Waals surface area contributed by atoms with Gasteiger partial charge in [0.1, 0.15) is 4.32 Å². The van der Waals surface area contributed by atoms with E-state index in [0.717, 1.165) is 0 Å². The summed E-state index contributed by atoms with van der Waals surface area (Å²) in [5.74, 6) is -1.05. The second-order valence-electron chi connectivity index (χ2n) is 2.59. The molecule has 0 saturated heterocycles. The molecule has 0 aliphatic heterocycles. The number of allylic oxidation sites excluding steroid dienone is 2. The Balaban J connectivity index is 2.85. The Labute approximate surface area is 82.0 Å². The van der Waals surface area contributed by atoms with Crippen LogP contribution in [0.25, 0.3) is 0 Å². The lowest BCUT2D eigenvalue weighted by molar-refractivity contribution is -0.419. The Kier molecular flexibility index (Phi) is 2.51. The molecular weight excluding hydrogens is 242 g/mol. The molecular formula is C7H6BrNO4. The molecule has 0 aromatic rings. The van der Waals surface area contributed by atoms with Crippen LogP contribution < -0.4 is 0 Å². The van der Waals surface area contributed by atoms with E-state index in [1.807, 2.05) is 0 Å². The van der Waals surface area contributed by atoms with Crippen molar-refractivity contribution >= 4 is 21.9 Å². The van der Waals surface area contributed by atoms with E-state index in [1.165, 1.54) is 18.2 Å². The van der Waals surface area contributed by atoms with Crippen LogP contribution in [-0.2, 0) is 4.79 Å². The summed E-state index contributed by atoms with van der Waals surface area (Å²) in [6.07, 6.45) is 3.82. The molecule has 1 rings (SSSR count). The molecule has 0 fully saturated rings. The van der Waals surface area contributed by atoms with Crippen molar-refractivity contribution in [2.45, 2.75) is 10.7 Å². The van der Waals surface area contributed by atoms with E-state index in [9.17, 15) is 14.9 Å². The third-order valence-electron chi connectivity index (χ3n) is 1.69. The Morgan fingerprint density at radius 1 is 1.77 bits per heavy atom. The maximum atomic E-state index is 10.7. The van der Waals surface area contributed by atoms with Crippen LogP contribution in [0.2, 0.25) is 0 Å². The second kappa shape index (κ2) is 3.29. The van der Waals surface area contributed by atoms with E-state index < -0.39 is 15.2 Å². The predicted octanol–water partition coefficient (Wildman–Crippen LogP) is 1.33. The zero-order valence-electron chi connectivity index (χ0n) is 6.44. The Hall–Kier alpha value is -1.17. The smallest absolute Gasteiger partial charge is 0.324 e. The third-order valence-corrected chi connectivity index (χ3v) is 2.62. The van der Waals surface area contributed by atoms with Crippen LogP contribution in [-0.4, -0.2) is 20.3 Å². The van der Waals surface area contributed by atoms with Gasteiger partial charge in [-0.15, -0.1) is 0 Å². The van der Waals surface area contributed by atoms with E-state index in [4.69, 9.17) is 5.11 Å². The summed E-state index contributed by atoms with van der Waals surface area (Å²) in [7, 11) is 0. The minimum atomic E-state index is -1.19. The van der Waals surface area contributed by atoms with Crippen molar-refractivity contribution in [3.05, 3.63) is 34.0 Å². The molecule has 0 bridgehead atoms. The molecule has 0 amide bonds. The summed E-state index contributed by atoms with van der Waals surface area (Å²) in [4.78, 5) is 20.4. The van der Waals surface area contributed by atoms with Crippen LogP contribution in [0, 0.1) is 10.1 Å². The van der Waals surface area contributed by atoms with Gasteiger partial charge in [0.05, 0.1) is 4.92 Å². The Morgan fingerprint density at radius 2 is 2.38 bits per heavy atom. The van der Waals surface area contributed by atoms with Gasteiger partial charge in [0.2, 0.25) is 0 Å². The van der Waals surface area contributed by atoms with Gasteiger partial charge in [-0.1, -0.05) is 15.9 Å². The number of rotatable bonds is 2. The first kappa shape index (κ1) is 9.91. The van der Waals surface area contributed by atoms with Crippen molar-refractivity contribution in [3.63, 3.8) is 0 Å². The van der Waals surface area contributed by atoms with Gasteiger partial charge in [-0.3, -0.25) is 14.9 Å². The molecule has 0 aromatic heterocycles. The lowest BCUT2D eigenvalue weighted by Crippen LogP contribution is -2.30. The summed E-state index contributed by atoms with van der Waals surface area (Å²) in [5.41, 5.74) is -0.0728. The highest BCUT2D eigenvalue weighted by atomic mass is 79.9. The summed E-state index contributed by atoms with van der Waals surface area (Å²) >= 11 is 2.98. The Morgan fingerprint density at radius 3 is 2.69 bits per heavy atom. The number of carboxylic acids is 1. The number of nitro groups is 1. The first-order valence-corrected chi connectivity index (χ1v) is 4.21. The lowest BCUT2D eigenvalue weighted by Gasteiger charge is -2.18. The van der Waals surface area contributed by atoms with Crippen molar-refractivity contribution in [1.82, 2.24) is 0 Å². The number of carboxylic acid groups (broad SMARTS) is 1. The number of carbonyl (C=O) groups is 1. The minimum Gasteiger partial charge on any atom is -0.480 e. The van der Waals surface area contributed by atoms with Gasteiger partial charge in [0, 0.05) is 12.5 Å². The maximum Gasteiger partial charge on any atom is 0.324 e. The topological polar surface area (TPSA) is 80.4 Å². The average Bonchev–Trinajstić information content (AvgIpc) is 2.04. The van der Waals surface area contributed by atoms with Gasteiger partial charge in [0.15, 0.2) is 0 Å². The molecule has 13 heavy (non-hydrogen) atoms. The summed E-state index contributed by atoms with van der Waals surface area (Å²) in [5, 5.41) is 19.0. The molecule has 1 N–H and O–H groups in total. The molecule has 0 spiro atoms. The standard InChI is InChI=1S/C7H6BrNO4/c8-7(6(10)11)3-1-5(2-4-7)9(12)13/h1-3H,4H2,(H,10,11). The van der Waals surface area contributed by atoms with Crippen molar-refractivity contribution in [2.75, 3.05) is 0 Å². The molecule has 1 aliphatic carbocycles. The van der Waals surface area contributed by atoms with E-state index in [1.54, 1.807) is 0 Å². The molecule has 1 aliphatic rings. The fourth-order valence-corrected chi connectivity index (χ4v) is 1.19. The summed E-state index contributed by atoms with van der Waals surface area (Å²) < 4.78 is -1.19. The maximum absolute atomic E-state index is 10.7. The molecule has 6 heteroatoms. The van der Waals surface area contributed by atoms with Gasteiger partial charge in [-0.05, 0) is 12.2 Å². The van der Waals surface area contributed by atoms with Gasteiger partial charge >= 0.3 is 5.97 Å². The number of hydrogen-bond donors (Lipinski definition) is 1. The number of alkyl halides is 1. The van der Waals surface area contributed by atoms with Crippen molar-refractivity contribution in [3.8, 4) is 0 Å². The van der Waals surface area contributed by atoms with Gasteiger partial charge in [-0.25, -0.2) is 0 Å². The van der Waals surface area contributed by atoms with Gasteiger partial charge in [0.25, 0.3) is 5.70 Å². The number of halogens is 1. The van der Waals surface area contributed by atoms with E-state index in [0.29, 0.717) is 0 Å². The van der Waals surface area contributed by atoms with Crippen LogP contribution >= 0.6 is 15.9 Å².